The minimum atomic E-state index is -0.470. The van der Waals surface area contributed by atoms with Gasteiger partial charge in [-0.3, -0.25) is 14.4 Å². The Balaban J connectivity index is 1.58. The lowest BCUT2D eigenvalue weighted by Crippen LogP contribution is -2.23. The van der Waals surface area contributed by atoms with Crippen LogP contribution in [-0.4, -0.2) is 37.7 Å². The molecule has 1 heterocycles. The number of thioether (sulfide) groups is 1. The summed E-state index contributed by atoms with van der Waals surface area (Å²) < 4.78 is 1.72. The van der Waals surface area contributed by atoms with Crippen molar-refractivity contribution in [3.63, 3.8) is 0 Å². The second-order valence-electron chi connectivity index (χ2n) is 8.58. The van der Waals surface area contributed by atoms with Crippen LogP contribution >= 0.6 is 11.8 Å². The maximum atomic E-state index is 12.8. The van der Waals surface area contributed by atoms with Gasteiger partial charge in [-0.15, -0.1) is 10.2 Å². The van der Waals surface area contributed by atoms with E-state index in [0.717, 1.165) is 23.2 Å². The Labute approximate surface area is 215 Å². The van der Waals surface area contributed by atoms with E-state index in [-0.39, 0.29) is 24.1 Å². The van der Waals surface area contributed by atoms with E-state index < -0.39 is 5.25 Å². The highest BCUT2D eigenvalue weighted by Gasteiger charge is 2.20. The molecule has 0 saturated carbocycles. The number of amides is 3. The highest BCUT2D eigenvalue weighted by Crippen LogP contribution is 2.24. The van der Waals surface area contributed by atoms with Crippen LogP contribution in [0.4, 0.5) is 17.1 Å². The maximum Gasteiger partial charge on any atom is 0.237 e. The van der Waals surface area contributed by atoms with Gasteiger partial charge < -0.3 is 20.5 Å². The molecule has 3 amide bonds. The Morgan fingerprint density at radius 2 is 1.58 bits per heavy atom. The number of carbonyl (C=O) groups is 3. The van der Waals surface area contributed by atoms with Crippen molar-refractivity contribution in [1.82, 2.24) is 14.8 Å². The second-order valence-corrected chi connectivity index (χ2v) is 9.89. The molecule has 0 fully saturated rings. The van der Waals surface area contributed by atoms with Gasteiger partial charge in [-0.25, -0.2) is 0 Å². The third-order valence-corrected chi connectivity index (χ3v) is 6.67. The molecule has 190 valence electrons. The van der Waals surface area contributed by atoms with Crippen molar-refractivity contribution < 1.29 is 14.4 Å². The maximum absolute atomic E-state index is 12.8. The predicted molar refractivity (Wildman–Crippen MR) is 143 cm³/mol. The summed E-state index contributed by atoms with van der Waals surface area (Å²) in [5, 5.41) is 17.0. The Bertz CT molecular complexity index is 1240. The predicted octanol–water partition coefficient (Wildman–Crippen LogP) is 4.47. The molecule has 3 rings (SSSR count). The molecule has 3 N–H and O–H groups in total. The van der Waals surface area contributed by atoms with Gasteiger partial charge in [-0.2, -0.15) is 0 Å². The first-order chi connectivity index (χ1) is 17.2. The van der Waals surface area contributed by atoms with Crippen LogP contribution in [0.25, 0.3) is 0 Å². The van der Waals surface area contributed by atoms with Gasteiger partial charge in [0, 0.05) is 30.5 Å². The molecule has 1 aromatic heterocycles. The fourth-order valence-electron chi connectivity index (χ4n) is 3.52. The van der Waals surface area contributed by atoms with Crippen molar-refractivity contribution in [3.8, 4) is 0 Å². The molecule has 0 aliphatic rings. The molecular formula is C26H32N6O3S. The van der Waals surface area contributed by atoms with E-state index in [1.807, 2.05) is 39.0 Å². The van der Waals surface area contributed by atoms with Crippen molar-refractivity contribution >= 4 is 46.5 Å². The Kier molecular flexibility index (Phi) is 9.24. The molecule has 0 saturated heterocycles. The van der Waals surface area contributed by atoms with E-state index in [2.05, 4.69) is 26.1 Å². The van der Waals surface area contributed by atoms with Crippen molar-refractivity contribution in [2.75, 3.05) is 16.0 Å². The van der Waals surface area contributed by atoms with Crippen LogP contribution in [0.1, 0.15) is 43.6 Å². The average molecular weight is 509 g/mol. The van der Waals surface area contributed by atoms with Crippen LogP contribution in [0.15, 0.2) is 47.6 Å². The van der Waals surface area contributed by atoms with Crippen molar-refractivity contribution in [1.29, 1.82) is 0 Å². The normalized spacial score (nSPS) is 11.6. The van der Waals surface area contributed by atoms with Gasteiger partial charge >= 0.3 is 0 Å². The number of carbonyl (C=O) groups excluding carboxylic acids is 3. The van der Waals surface area contributed by atoms with Crippen LogP contribution in [0.2, 0.25) is 0 Å². The standard InChI is InChI=1S/C26H32N6O3S/c1-6-9-22(33)27-19-12-8-13-20(14-19)28-25(35)18(4)36-26-31-30-21(32(26)5)15-23(34)29-24-16(2)10-7-11-17(24)3/h7-8,10-14,18H,6,9,15H2,1-5H3,(H,27,33)(H,28,35)(H,29,34). The lowest BCUT2D eigenvalue weighted by atomic mass is 10.1. The van der Waals surface area contributed by atoms with Gasteiger partial charge in [0.1, 0.15) is 5.82 Å². The van der Waals surface area contributed by atoms with Gasteiger partial charge in [0.15, 0.2) is 5.16 Å². The number of hydrogen-bond acceptors (Lipinski definition) is 6. The first kappa shape index (κ1) is 26.9. The number of nitrogens with zero attached hydrogens (tertiary/aromatic N) is 3. The van der Waals surface area contributed by atoms with Gasteiger partial charge in [0.25, 0.3) is 0 Å². The summed E-state index contributed by atoms with van der Waals surface area (Å²) in [6.45, 7) is 7.61. The zero-order chi connectivity index (χ0) is 26.2. The molecule has 36 heavy (non-hydrogen) atoms. The molecule has 2 aromatic carbocycles. The minimum absolute atomic E-state index is 0.0642. The number of rotatable bonds is 10. The van der Waals surface area contributed by atoms with Crippen molar-refractivity contribution in [3.05, 3.63) is 59.4 Å². The topological polar surface area (TPSA) is 118 Å². The summed E-state index contributed by atoms with van der Waals surface area (Å²) in [6.07, 6.45) is 1.27. The summed E-state index contributed by atoms with van der Waals surface area (Å²) in [5.41, 5.74) is 4.00. The molecule has 0 radical (unpaired) electrons. The second kappa shape index (κ2) is 12.3. The smallest absolute Gasteiger partial charge is 0.237 e. The van der Waals surface area contributed by atoms with E-state index >= 15 is 0 Å². The number of aromatic nitrogens is 3. The number of benzene rings is 2. The average Bonchev–Trinajstić information content (AvgIpc) is 3.15. The van der Waals surface area contributed by atoms with Crippen molar-refractivity contribution in [2.24, 2.45) is 7.05 Å². The molecule has 1 atom stereocenters. The molecule has 1 unspecified atom stereocenters. The first-order valence-electron chi connectivity index (χ1n) is 11.8. The highest BCUT2D eigenvalue weighted by molar-refractivity contribution is 8.00. The van der Waals surface area contributed by atoms with E-state index in [1.165, 1.54) is 11.8 Å². The summed E-state index contributed by atoms with van der Waals surface area (Å²) in [7, 11) is 1.77. The Morgan fingerprint density at radius 1 is 0.944 bits per heavy atom. The zero-order valence-corrected chi connectivity index (χ0v) is 22.0. The van der Waals surface area contributed by atoms with E-state index in [9.17, 15) is 14.4 Å². The molecule has 10 heteroatoms. The van der Waals surface area contributed by atoms with Gasteiger partial charge in [0.05, 0.1) is 11.7 Å². The van der Waals surface area contributed by atoms with Gasteiger partial charge in [-0.05, 0) is 56.5 Å². The van der Waals surface area contributed by atoms with Crippen LogP contribution in [0.5, 0.6) is 0 Å². The lowest BCUT2D eigenvalue weighted by Gasteiger charge is -2.13. The zero-order valence-electron chi connectivity index (χ0n) is 21.2. The Hall–Kier alpha value is -3.66. The molecule has 9 nitrogen and oxygen atoms in total. The monoisotopic (exact) mass is 508 g/mol. The number of nitrogens with one attached hydrogen (secondary N) is 3. The van der Waals surface area contributed by atoms with E-state index in [0.29, 0.717) is 28.8 Å². The fraction of sp³-hybridized carbons (Fsp3) is 0.346. The van der Waals surface area contributed by atoms with Gasteiger partial charge in [-0.1, -0.05) is 43.0 Å². The first-order valence-corrected chi connectivity index (χ1v) is 12.7. The molecule has 0 spiro atoms. The third kappa shape index (κ3) is 7.17. The van der Waals surface area contributed by atoms with Crippen LogP contribution in [0, 0.1) is 13.8 Å². The third-order valence-electron chi connectivity index (χ3n) is 5.53. The van der Waals surface area contributed by atoms with E-state index in [4.69, 9.17) is 0 Å². The molecule has 0 aliphatic carbocycles. The molecule has 3 aromatic rings. The highest BCUT2D eigenvalue weighted by atomic mass is 32.2. The lowest BCUT2D eigenvalue weighted by molar-refractivity contribution is -0.116. The number of anilines is 3. The fourth-order valence-corrected chi connectivity index (χ4v) is 4.35. The number of para-hydroxylation sites is 1. The summed E-state index contributed by atoms with van der Waals surface area (Å²) >= 11 is 1.25. The largest absolute Gasteiger partial charge is 0.326 e. The summed E-state index contributed by atoms with van der Waals surface area (Å²) in [4.78, 5) is 37.2. The SMILES string of the molecule is CCCC(=O)Nc1cccc(NC(=O)C(C)Sc2nnc(CC(=O)Nc3c(C)cccc3C)n2C)c1. The quantitative estimate of drug-likeness (QED) is 0.348. The van der Waals surface area contributed by atoms with Crippen LogP contribution in [-0.2, 0) is 27.9 Å². The van der Waals surface area contributed by atoms with Crippen LogP contribution < -0.4 is 16.0 Å². The van der Waals surface area contributed by atoms with Crippen molar-refractivity contribution in [2.45, 2.75) is 57.4 Å². The Morgan fingerprint density at radius 3 is 2.25 bits per heavy atom. The number of aryl methyl sites for hydroxylation is 2. The van der Waals surface area contributed by atoms with Crippen LogP contribution in [0.3, 0.4) is 0 Å². The summed E-state index contributed by atoms with van der Waals surface area (Å²) in [6, 6.07) is 12.9. The molecule has 0 aliphatic heterocycles. The van der Waals surface area contributed by atoms with E-state index in [1.54, 1.807) is 42.8 Å². The molecular weight excluding hydrogens is 476 g/mol. The summed E-state index contributed by atoms with van der Waals surface area (Å²) in [5.74, 6) is 0.0422. The van der Waals surface area contributed by atoms with Gasteiger partial charge in [0.2, 0.25) is 17.7 Å². The number of hydrogen-bond donors (Lipinski definition) is 3. The minimum Gasteiger partial charge on any atom is -0.326 e. The molecule has 0 bridgehead atoms.